The van der Waals surface area contributed by atoms with Gasteiger partial charge in [0.1, 0.15) is 0 Å². The Kier molecular flexibility index (Phi) is 3.43. The molecular weight excluding hydrogens is 276 g/mol. The highest BCUT2D eigenvalue weighted by Crippen LogP contribution is 2.35. The Hall–Kier alpha value is -2.49. The molecule has 2 aliphatic heterocycles. The van der Waals surface area contributed by atoms with Crippen LogP contribution in [0.15, 0.2) is 47.5 Å². The molecular formula is C18H18N2O2. The molecule has 0 unspecified atom stereocenters. The van der Waals surface area contributed by atoms with E-state index in [1.165, 1.54) is 31.6 Å². The summed E-state index contributed by atoms with van der Waals surface area (Å²) in [5.41, 5.74) is 3.27. The summed E-state index contributed by atoms with van der Waals surface area (Å²) in [5, 5.41) is 0. The van der Waals surface area contributed by atoms with Crippen molar-refractivity contribution in [2.24, 2.45) is 4.99 Å². The lowest BCUT2D eigenvalue weighted by molar-refractivity contribution is 0.174. The molecule has 2 aliphatic rings. The van der Waals surface area contributed by atoms with Crippen LogP contribution in [0, 0.1) is 0 Å². The maximum atomic E-state index is 5.36. The summed E-state index contributed by atoms with van der Waals surface area (Å²) in [7, 11) is 0. The zero-order valence-corrected chi connectivity index (χ0v) is 12.4. The first kappa shape index (κ1) is 13.2. The summed E-state index contributed by atoms with van der Waals surface area (Å²) in [6.07, 6.45) is 4.48. The van der Waals surface area contributed by atoms with Gasteiger partial charge in [-0.05, 0) is 42.7 Å². The summed E-state index contributed by atoms with van der Waals surface area (Å²) in [6, 6.07) is 14.3. The van der Waals surface area contributed by atoms with Gasteiger partial charge in [-0.25, -0.2) is 0 Å². The number of hydrogen-bond donors (Lipinski definition) is 0. The summed E-state index contributed by atoms with van der Waals surface area (Å²) >= 11 is 0. The van der Waals surface area contributed by atoms with Gasteiger partial charge in [-0.3, -0.25) is 4.99 Å². The highest BCUT2D eigenvalue weighted by Gasteiger charge is 2.13. The summed E-state index contributed by atoms with van der Waals surface area (Å²) in [4.78, 5) is 6.94. The van der Waals surface area contributed by atoms with E-state index in [0.29, 0.717) is 6.79 Å². The predicted octanol–water partition coefficient (Wildman–Crippen LogP) is 3.77. The van der Waals surface area contributed by atoms with E-state index >= 15 is 0 Å². The molecule has 1 saturated heterocycles. The van der Waals surface area contributed by atoms with Crippen molar-refractivity contribution in [3.63, 3.8) is 0 Å². The largest absolute Gasteiger partial charge is 0.454 e. The van der Waals surface area contributed by atoms with Crippen molar-refractivity contribution in [1.82, 2.24) is 0 Å². The van der Waals surface area contributed by atoms with E-state index in [4.69, 9.17) is 9.47 Å². The van der Waals surface area contributed by atoms with Crippen LogP contribution < -0.4 is 14.4 Å². The van der Waals surface area contributed by atoms with Crippen molar-refractivity contribution in [3.05, 3.63) is 48.0 Å². The van der Waals surface area contributed by atoms with Gasteiger partial charge in [0.25, 0.3) is 0 Å². The third-order valence-electron chi connectivity index (χ3n) is 4.08. The van der Waals surface area contributed by atoms with E-state index in [9.17, 15) is 0 Å². The zero-order chi connectivity index (χ0) is 14.8. The molecule has 1 fully saturated rings. The maximum Gasteiger partial charge on any atom is 0.231 e. The molecule has 0 saturated carbocycles. The molecule has 0 spiro atoms. The van der Waals surface area contributed by atoms with E-state index in [-0.39, 0.29) is 0 Å². The number of rotatable bonds is 3. The van der Waals surface area contributed by atoms with Crippen molar-refractivity contribution in [3.8, 4) is 11.5 Å². The van der Waals surface area contributed by atoms with Gasteiger partial charge in [-0.1, -0.05) is 12.1 Å². The van der Waals surface area contributed by atoms with E-state index < -0.39 is 0 Å². The van der Waals surface area contributed by atoms with Crippen molar-refractivity contribution in [2.75, 3.05) is 24.8 Å². The molecule has 4 nitrogen and oxygen atoms in total. The molecule has 2 heterocycles. The molecule has 4 heteroatoms. The Bertz CT molecular complexity index is 689. The third-order valence-corrected chi connectivity index (χ3v) is 4.08. The van der Waals surface area contributed by atoms with Gasteiger partial charge in [0, 0.05) is 31.1 Å². The summed E-state index contributed by atoms with van der Waals surface area (Å²) < 4.78 is 10.7. The molecule has 0 atom stereocenters. The lowest BCUT2D eigenvalue weighted by atomic mass is 10.2. The van der Waals surface area contributed by atoms with Gasteiger partial charge < -0.3 is 14.4 Å². The minimum atomic E-state index is 0.292. The lowest BCUT2D eigenvalue weighted by Gasteiger charge is -2.17. The Labute approximate surface area is 130 Å². The maximum absolute atomic E-state index is 5.36. The fourth-order valence-electron chi connectivity index (χ4n) is 2.86. The monoisotopic (exact) mass is 294 g/mol. The van der Waals surface area contributed by atoms with Crippen LogP contribution in [-0.4, -0.2) is 26.1 Å². The second-order valence-corrected chi connectivity index (χ2v) is 5.58. The second-order valence-electron chi connectivity index (χ2n) is 5.58. The number of aliphatic imine (C=N–C) groups is 1. The van der Waals surface area contributed by atoms with Crippen molar-refractivity contribution < 1.29 is 9.47 Å². The van der Waals surface area contributed by atoms with Crippen LogP contribution in [0.25, 0.3) is 0 Å². The SMILES string of the molecule is C(=Nc1ccc2c(c1)OCO2)c1ccc(N2CCCC2)cc1. The molecule has 0 radical (unpaired) electrons. The average molecular weight is 294 g/mol. The molecule has 112 valence electrons. The minimum Gasteiger partial charge on any atom is -0.454 e. The molecule has 0 aliphatic carbocycles. The first-order chi connectivity index (χ1) is 10.9. The fraction of sp³-hybridized carbons (Fsp3) is 0.278. The Morgan fingerprint density at radius 2 is 1.68 bits per heavy atom. The van der Waals surface area contributed by atoms with Crippen LogP contribution in [0.1, 0.15) is 18.4 Å². The Balaban J connectivity index is 1.48. The normalized spacial score (nSPS) is 16.6. The van der Waals surface area contributed by atoms with Gasteiger partial charge in [0.2, 0.25) is 6.79 Å². The average Bonchev–Trinajstić information content (AvgIpc) is 3.24. The highest BCUT2D eigenvalue weighted by atomic mass is 16.7. The second kappa shape index (κ2) is 5.72. The van der Waals surface area contributed by atoms with E-state index in [1.807, 2.05) is 24.4 Å². The first-order valence-electron chi connectivity index (χ1n) is 7.67. The van der Waals surface area contributed by atoms with Crippen LogP contribution in [0.5, 0.6) is 11.5 Å². The quantitative estimate of drug-likeness (QED) is 0.808. The predicted molar refractivity (Wildman–Crippen MR) is 87.7 cm³/mol. The Morgan fingerprint density at radius 3 is 2.50 bits per heavy atom. The van der Waals surface area contributed by atoms with Crippen molar-refractivity contribution in [1.29, 1.82) is 0 Å². The van der Waals surface area contributed by atoms with E-state index in [2.05, 4.69) is 34.2 Å². The third kappa shape index (κ3) is 2.64. The minimum absolute atomic E-state index is 0.292. The molecule has 2 aromatic rings. The van der Waals surface area contributed by atoms with E-state index in [0.717, 1.165) is 22.7 Å². The fourth-order valence-corrected chi connectivity index (χ4v) is 2.86. The molecule has 0 bridgehead atoms. The molecule has 22 heavy (non-hydrogen) atoms. The highest BCUT2D eigenvalue weighted by molar-refractivity contribution is 5.82. The Morgan fingerprint density at radius 1 is 0.909 bits per heavy atom. The number of fused-ring (bicyclic) bond motifs is 1. The van der Waals surface area contributed by atoms with E-state index in [1.54, 1.807) is 0 Å². The topological polar surface area (TPSA) is 34.1 Å². The van der Waals surface area contributed by atoms with Crippen LogP contribution in [0.2, 0.25) is 0 Å². The summed E-state index contributed by atoms with van der Waals surface area (Å²) in [6.45, 7) is 2.63. The molecule has 2 aromatic carbocycles. The van der Waals surface area contributed by atoms with Crippen LogP contribution >= 0.6 is 0 Å². The van der Waals surface area contributed by atoms with Crippen LogP contribution in [0.3, 0.4) is 0 Å². The number of benzene rings is 2. The molecule has 0 aromatic heterocycles. The van der Waals surface area contributed by atoms with Crippen LogP contribution in [0.4, 0.5) is 11.4 Å². The number of ether oxygens (including phenoxy) is 2. The van der Waals surface area contributed by atoms with Crippen molar-refractivity contribution in [2.45, 2.75) is 12.8 Å². The summed E-state index contributed by atoms with van der Waals surface area (Å²) in [5.74, 6) is 1.55. The van der Waals surface area contributed by atoms with Gasteiger partial charge in [0.05, 0.1) is 5.69 Å². The molecule has 4 rings (SSSR count). The number of nitrogens with zero attached hydrogens (tertiary/aromatic N) is 2. The number of hydrogen-bond acceptors (Lipinski definition) is 4. The lowest BCUT2D eigenvalue weighted by Crippen LogP contribution is -2.17. The zero-order valence-electron chi connectivity index (χ0n) is 12.4. The van der Waals surface area contributed by atoms with Crippen LogP contribution in [-0.2, 0) is 0 Å². The van der Waals surface area contributed by atoms with Gasteiger partial charge in [-0.2, -0.15) is 0 Å². The van der Waals surface area contributed by atoms with Gasteiger partial charge >= 0.3 is 0 Å². The standard InChI is InChI=1S/C18H18N2O2/c1-2-10-20(9-1)16-6-3-14(4-7-16)12-19-15-5-8-17-18(11-15)22-13-21-17/h3-8,11-12H,1-2,9-10,13H2. The first-order valence-corrected chi connectivity index (χ1v) is 7.67. The molecule has 0 N–H and O–H groups in total. The number of anilines is 1. The van der Waals surface area contributed by atoms with Gasteiger partial charge in [0.15, 0.2) is 11.5 Å². The smallest absolute Gasteiger partial charge is 0.231 e. The van der Waals surface area contributed by atoms with Gasteiger partial charge in [-0.15, -0.1) is 0 Å². The van der Waals surface area contributed by atoms with Crippen molar-refractivity contribution >= 4 is 17.6 Å². The molecule has 0 amide bonds.